The molecule has 0 radical (unpaired) electrons. The highest BCUT2D eigenvalue weighted by molar-refractivity contribution is 7.80. The van der Waals surface area contributed by atoms with Crippen molar-refractivity contribution in [2.45, 2.75) is 25.7 Å². The van der Waals surface area contributed by atoms with E-state index in [4.69, 9.17) is 0 Å². The van der Waals surface area contributed by atoms with Gasteiger partial charge in [0, 0.05) is 27.7 Å². The molecule has 1 aromatic carbocycles. The second-order valence-electron chi connectivity index (χ2n) is 4.98. The van der Waals surface area contributed by atoms with Gasteiger partial charge in [0.15, 0.2) is 0 Å². The van der Waals surface area contributed by atoms with Gasteiger partial charge in [0.05, 0.1) is 11.2 Å². The van der Waals surface area contributed by atoms with Gasteiger partial charge in [-0.05, 0) is 44.0 Å². The first kappa shape index (κ1) is 12.3. The molecule has 2 aromatic heterocycles. The van der Waals surface area contributed by atoms with Crippen LogP contribution in [0, 0.1) is 20.8 Å². The van der Waals surface area contributed by atoms with Gasteiger partial charge < -0.3 is 4.98 Å². The molecule has 0 aliphatic carbocycles. The van der Waals surface area contributed by atoms with E-state index in [0.717, 1.165) is 21.7 Å². The van der Waals surface area contributed by atoms with E-state index in [2.05, 4.69) is 67.6 Å². The first-order valence-electron chi connectivity index (χ1n) is 6.32. The van der Waals surface area contributed by atoms with Crippen molar-refractivity contribution in [3.63, 3.8) is 0 Å². The van der Waals surface area contributed by atoms with E-state index >= 15 is 0 Å². The molecule has 0 spiro atoms. The van der Waals surface area contributed by atoms with Crippen LogP contribution in [0.15, 0.2) is 35.4 Å². The van der Waals surface area contributed by atoms with Gasteiger partial charge in [0.25, 0.3) is 0 Å². The summed E-state index contributed by atoms with van der Waals surface area (Å²) < 4.78 is 0. The van der Waals surface area contributed by atoms with E-state index in [0.29, 0.717) is 0 Å². The van der Waals surface area contributed by atoms with Crippen molar-refractivity contribution in [2.75, 3.05) is 0 Å². The monoisotopic (exact) mass is 268 g/mol. The van der Waals surface area contributed by atoms with Crippen molar-refractivity contribution < 1.29 is 0 Å². The zero-order valence-corrected chi connectivity index (χ0v) is 12.2. The van der Waals surface area contributed by atoms with Crippen LogP contribution in [0.25, 0.3) is 22.2 Å². The summed E-state index contributed by atoms with van der Waals surface area (Å²) in [7, 11) is 0. The average molecular weight is 268 g/mol. The molecule has 3 heteroatoms. The molecular weight excluding hydrogens is 252 g/mol. The van der Waals surface area contributed by atoms with Gasteiger partial charge >= 0.3 is 0 Å². The van der Waals surface area contributed by atoms with Crippen LogP contribution >= 0.6 is 12.6 Å². The zero-order valence-electron chi connectivity index (χ0n) is 11.3. The van der Waals surface area contributed by atoms with Crippen LogP contribution < -0.4 is 0 Å². The minimum absolute atomic E-state index is 0.963. The fourth-order valence-electron chi connectivity index (χ4n) is 2.43. The molecule has 0 aliphatic rings. The van der Waals surface area contributed by atoms with E-state index in [1.807, 2.05) is 6.20 Å². The van der Waals surface area contributed by atoms with Crippen LogP contribution in [-0.4, -0.2) is 9.97 Å². The summed E-state index contributed by atoms with van der Waals surface area (Å²) in [6.07, 6.45) is 1.87. The molecular formula is C16H16N2S. The summed E-state index contributed by atoms with van der Waals surface area (Å²) in [4.78, 5) is 8.94. The number of aromatic amines is 1. The molecule has 0 aliphatic heterocycles. The van der Waals surface area contributed by atoms with Gasteiger partial charge in [0.1, 0.15) is 0 Å². The number of aryl methyl sites for hydroxylation is 3. The number of nitrogens with one attached hydrogen (secondary N) is 1. The van der Waals surface area contributed by atoms with Crippen LogP contribution in [0.4, 0.5) is 0 Å². The number of benzene rings is 1. The predicted molar refractivity (Wildman–Crippen MR) is 83.0 cm³/mol. The third-order valence-corrected chi connectivity index (χ3v) is 4.01. The Morgan fingerprint density at radius 2 is 1.89 bits per heavy atom. The van der Waals surface area contributed by atoms with E-state index in [1.54, 1.807) is 0 Å². The molecule has 3 aromatic rings. The fourth-order valence-corrected chi connectivity index (χ4v) is 2.81. The van der Waals surface area contributed by atoms with Crippen molar-refractivity contribution in [2.24, 2.45) is 0 Å². The molecule has 19 heavy (non-hydrogen) atoms. The molecule has 0 fully saturated rings. The van der Waals surface area contributed by atoms with Crippen molar-refractivity contribution in [1.29, 1.82) is 0 Å². The van der Waals surface area contributed by atoms with Gasteiger partial charge in [-0.1, -0.05) is 12.1 Å². The highest BCUT2D eigenvalue weighted by Gasteiger charge is 2.12. The molecule has 0 unspecified atom stereocenters. The summed E-state index contributed by atoms with van der Waals surface area (Å²) in [6, 6.07) is 8.31. The molecule has 3 rings (SSSR count). The second-order valence-corrected chi connectivity index (χ2v) is 5.46. The summed E-state index contributed by atoms with van der Waals surface area (Å²) in [6.45, 7) is 6.30. The maximum Gasteiger partial charge on any atom is 0.0954 e. The lowest BCUT2D eigenvalue weighted by molar-refractivity contribution is 1.24. The molecule has 1 N–H and O–H groups in total. The number of nitrogens with zero attached hydrogens (tertiary/aromatic N) is 1. The summed E-state index contributed by atoms with van der Waals surface area (Å²) >= 11 is 4.58. The van der Waals surface area contributed by atoms with Crippen LogP contribution in [0.5, 0.6) is 0 Å². The highest BCUT2D eigenvalue weighted by atomic mass is 32.1. The van der Waals surface area contributed by atoms with Gasteiger partial charge in [-0.3, -0.25) is 4.98 Å². The summed E-state index contributed by atoms with van der Waals surface area (Å²) in [5.74, 6) is 0. The lowest BCUT2D eigenvalue weighted by atomic mass is 10.1. The molecule has 96 valence electrons. The lowest BCUT2D eigenvalue weighted by Gasteiger charge is -2.07. The summed E-state index contributed by atoms with van der Waals surface area (Å²) in [5.41, 5.74) is 6.82. The molecule has 0 saturated carbocycles. The molecule has 0 atom stereocenters. The first-order valence-corrected chi connectivity index (χ1v) is 6.76. The largest absolute Gasteiger partial charge is 0.357 e. The molecule has 0 amide bonds. The first-order chi connectivity index (χ1) is 9.08. The summed E-state index contributed by atoms with van der Waals surface area (Å²) in [5, 5.41) is 1.23. The second kappa shape index (κ2) is 4.42. The Bertz CT molecular complexity index is 772. The van der Waals surface area contributed by atoms with Crippen LogP contribution in [0.2, 0.25) is 0 Å². The number of rotatable bonds is 1. The predicted octanol–water partition coefficient (Wildman–Crippen LogP) is 4.44. The van der Waals surface area contributed by atoms with Crippen molar-refractivity contribution >= 4 is 23.5 Å². The minimum Gasteiger partial charge on any atom is -0.357 e. The number of H-pyrrole nitrogens is 1. The Hall–Kier alpha value is -1.74. The Balaban J connectivity index is 2.33. The Kier molecular flexibility index (Phi) is 2.86. The van der Waals surface area contributed by atoms with E-state index in [9.17, 15) is 0 Å². The van der Waals surface area contributed by atoms with Crippen molar-refractivity contribution in [1.82, 2.24) is 9.97 Å². The van der Waals surface area contributed by atoms with Gasteiger partial charge in [0.2, 0.25) is 0 Å². The topological polar surface area (TPSA) is 28.7 Å². The van der Waals surface area contributed by atoms with Crippen molar-refractivity contribution in [3.8, 4) is 11.3 Å². The Morgan fingerprint density at radius 3 is 2.63 bits per heavy atom. The van der Waals surface area contributed by atoms with Crippen molar-refractivity contribution in [3.05, 3.63) is 47.3 Å². The van der Waals surface area contributed by atoms with E-state index in [-0.39, 0.29) is 0 Å². The fraction of sp³-hybridized carbons (Fsp3) is 0.188. The number of fused-ring (bicyclic) bond motifs is 1. The SMILES string of the molecule is Cc1ccc(-c2nccc3c(C)c(C)[nH]c23)c(S)c1. The third kappa shape index (κ3) is 1.94. The van der Waals surface area contributed by atoms with Gasteiger partial charge in [-0.25, -0.2) is 0 Å². The van der Waals surface area contributed by atoms with Crippen LogP contribution in [-0.2, 0) is 0 Å². The van der Waals surface area contributed by atoms with Gasteiger partial charge in [-0.2, -0.15) is 0 Å². The number of hydrogen-bond acceptors (Lipinski definition) is 2. The van der Waals surface area contributed by atoms with Crippen LogP contribution in [0.3, 0.4) is 0 Å². The normalized spacial score (nSPS) is 11.2. The maximum atomic E-state index is 4.58. The number of thiol groups is 1. The smallest absolute Gasteiger partial charge is 0.0954 e. The minimum atomic E-state index is 0.963. The Labute approximate surface area is 118 Å². The zero-order chi connectivity index (χ0) is 13.6. The third-order valence-electron chi connectivity index (χ3n) is 3.64. The molecule has 0 bridgehead atoms. The number of pyridine rings is 1. The molecule has 2 nitrogen and oxygen atoms in total. The average Bonchev–Trinajstić information content (AvgIpc) is 2.66. The molecule has 2 heterocycles. The quantitative estimate of drug-likeness (QED) is 0.627. The van der Waals surface area contributed by atoms with Gasteiger partial charge in [-0.15, -0.1) is 12.6 Å². The van der Waals surface area contributed by atoms with Crippen LogP contribution in [0.1, 0.15) is 16.8 Å². The molecule has 0 saturated heterocycles. The Morgan fingerprint density at radius 1 is 1.11 bits per heavy atom. The number of hydrogen-bond donors (Lipinski definition) is 2. The maximum absolute atomic E-state index is 4.58. The number of aromatic nitrogens is 2. The lowest BCUT2D eigenvalue weighted by Crippen LogP contribution is -1.88. The van der Waals surface area contributed by atoms with E-state index < -0.39 is 0 Å². The highest BCUT2D eigenvalue weighted by Crippen LogP contribution is 2.32. The standard InChI is InChI=1S/C16H16N2S/c1-9-4-5-13(14(19)8-9)15-16-12(6-7-17-15)10(2)11(3)18-16/h4-8,18-19H,1-3H3. The van der Waals surface area contributed by atoms with E-state index in [1.165, 1.54) is 22.2 Å².